The number of nitrogens with zero attached hydrogens (tertiary/aromatic N) is 6. The highest BCUT2D eigenvalue weighted by Gasteiger charge is 2.14. The quantitative estimate of drug-likeness (QED) is 0.651. The van der Waals surface area contributed by atoms with Gasteiger partial charge in [0.2, 0.25) is 5.89 Å². The molecule has 0 saturated heterocycles. The molecule has 3 aromatic rings. The highest BCUT2D eigenvalue weighted by molar-refractivity contribution is 5.69. The molecule has 116 valence electrons. The van der Waals surface area contributed by atoms with Gasteiger partial charge in [0.25, 0.3) is 5.56 Å². The van der Waals surface area contributed by atoms with Gasteiger partial charge in [0.15, 0.2) is 17.0 Å². The van der Waals surface area contributed by atoms with Crippen molar-refractivity contribution in [2.45, 2.75) is 26.3 Å². The van der Waals surface area contributed by atoms with Crippen LogP contribution in [0.3, 0.4) is 0 Å². The molecular weight excluding hydrogens is 288 g/mol. The summed E-state index contributed by atoms with van der Waals surface area (Å²) in [7, 11) is 3.04. The Bertz CT molecular complexity index is 945. The molecule has 0 aromatic carbocycles. The van der Waals surface area contributed by atoms with E-state index in [0.29, 0.717) is 42.3 Å². The smallest absolute Gasteiger partial charge is 0.332 e. The van der Waals surface area contributed by atoms with Crippen LogP contribution in [0.25, 0.3) is 11.2 Å². The molecule has 0 aliphatic carbocycles. The van der Waals surface area contributed by atoms with Gasteiger partial charge in [-0.3, -0.25) is 13.9 Å². The SMILES string of the molecule is CCc1nc(CCn2cnc3c2c(=O)n(C)c(=O)n3C)no1. The van der Waals surface area contributed by atoms with Crippen LogP contribution in [0, 0.1) is 0 Å². The molecule has 0 aliphatic rings. The van der Waals surface area contributed by atoms with E-state index in [2.05, 4.69) is 15.1 Å². The standard InChI is InChI=1S/C13H16N6O3/c1-4-9-15-8(16-22-9)5-6-19-7-14-11-10(19)12(20)18(3)13(21)17(11)2/h7H,4-6H2,1-3H3. The molecule has 0 unspecified atom stereocenters. The van der Waals surface area contributed by atoms with E-state index in [0.717, 1.165) is 4.57 Å². The Morgan fingerprint density at radius 3 is 2.68 bits per heavy atom. The Balaban J connectivity index is 1.98. The summed E-state index contributed by atoms with van der Waals surface area (Å²) in [4.78, 5) is 32.5. The molecule has 0 fully saturated rings. The summed E-state index contributed by atoms with van der Waals surface area (Å²) in [5.41, 5.74) is 0.00531. The fourth-order valence-electron chi connectivity index (χ4n) is 2.32. The van der Waals surface area contributed by atoms with Crippen LogP contribution in [0.4, 0.5) is 0 Å². The van der Waals surface area contributed by atoms with Gasteiger partial charge in [-0.15, -0.1) is 0 Å². The van der Waals surface area contributed by atoms with Crippen LogP contribution in [0.1, 0.15) is 18.6 Å². The minimum absolute atomic E-state index is 0.363. The van der Waals surface area contributed by atoms with Gasteiger partial charge in [0.1, 0.15) is 0 Å². The second-order valence-electron chi connectivity index (χ2n) is 5.02. The molecule has 0 atom stereocenters. The number of rotatable bonds is 4. The molecule has 3 aromatic heterocycles. The topological polar surface area (TPSA) is 101 Å². The van der Waals surface area contributed by atoms with E-state index in [4.69, 9.17) is 4.52 Å². The lowest BCUT2D eigenvalue weighted by Gasteiger charge is -2.05. The van der Waals surface area contributed by atoms with Crippen molar-refractivity contribution in [3.05, 3.63) is 38.9 Å². The molecule has 9 nitrogen and oxygen atoms in total. The summed E-state index contributed by atoms with van der Waals surface area (Å²) < 4.78 is 9.19. The Hall–Kier alpha value is -2.71. The predicted octanol–water partition coefficient (Wildman–Crippen LogP) is -0.378. The molecule has 0 N–H and O–H groups in total. The first-order valence-corrected chi connectivity index (χ1v) is 6.95. The molecule has 0 amide bonds. The van der Waals surface area contributed by atoms with Crippen LogP contribution in [-0.4, -0.2) is 28.8 Å². The third kappa shape index (κ3) is 2.14. The van der Waals surface area contributed by atoms with Crippen LogP contribution in [-0.2, 0) is 33.5 Å². The fraction of sp³-hybridized carbons (Fsp3) is 0.462. The average molecular weight is 304 g/mol. The number of aryl methyl sites for hydroxylation is 4. The van der Waals surface area contributed by atoms with Crippen molar-refractivity contribution in [2.75, 3.05) is 0 Å². The van der Waals surface area contributed by atoms with Crippen LogP contribution in [0.2, 0.25) is 0 Å². The summed E-state index contributed by atoms with van der Waals surface area (Å²) in [6, 6.07) is 0. The minimum Gasteiger partial charge on any atom is -0.339 e. The fourth-order valence-corrected chi connectivity index (χ4v) is 2.32. The van der Waals surface area contributed by atoms with Gasteiger partial charge in [0, 0.05) is 33.5 Å². The molecule has 3 rings (SSSR count). The van der Waals surface area contributed by atoms with Crippen LogP contribution in [0.15, 0.2) is 20.4 Å². The van der Waals surface area contributed by atoms with Crippen molar-refractivity contribution >= 4 is 11.2 Å². The zero-order valence-electron chi connectivity index (χ0n) is 12.6. The van der Waals surface area contributed by atoms with Crippen molar-refractivity contribution in [3.63, 3.8) is 0 Å². The van der Waals surface area contributed by atoms with Crippen molar-refractivity contribution in [2.24, 2.45) is 14.1 Å². The molecule has 0 bridgehead atoms. The lowest BCUT2D eigenvalue weighted by atomic mass is 10.4. The van der Waals surface area contributed by atoms with E-state index < -0.39 is 5.69 Å². The molecule has 0 spiro atoms. The Labute approximate surface area is 124 Å². The van der Waals surface area contributed by atoms with E-state index in [1.165, 1.54) is 11.6 Å². The summed E-state index contributed by atoms with van der Waals surface area (Å²) in [5.74, 6) is 1.17. The van der Waals surface area contributed by atoms with Gasteiger partial charge in [-0.2, -0.15) is 4.98 Å². The van der Waals surface area contributed by atoms with Crippen LogP contribution in [0.5, 0.6) is 0 Å². The summed E-state index contributed by atoms with van der Waals surface area (Å²) >= 11 is 0. The Morgan fingerprint density at radius 1 is 1.23 bits per heavy atom. The number of imidazole rings is 1. The molecule has 3 heterocycles. The Kier molecular flexibility index (Phi) is 3.39. The second kappa shape index (κ2) is 5.24. The molecule has 0 saturated carbocycles. The molecule has 0 aliphatic heterocycles. The first-order valence-electron chi connectivity index (χ1n) is 6.95. The lowest BCUT2D eigenvalue weighted by Crippen LogP contribution is -2.37. The monoisotopic (exact) mass is 304 g/mol. The Morgan fingerprint density at radius 2 is 2.00 bits per heavy atom. The second-order valence-corrected chi connectivity index (χ2v) is 5.02. The molecule has 0 radical (unpaired) electrons. The third-order valence-corrected chi connectivity index (χ3v) is 3.61. The van der Waals surface area contributed by atoms with E-state index >= 15 is 0 Å². The summed E-state index contributed by atoms with van der Waals surface area (Å²) in [6.07, 6.45) is 2.75. The van der Waals surface area contributed by atoms with Crippen molar-refractivity contribution in [3.8, 4) is 0 Å². The third-order valence-electron chi connectivity index (χ3n) is 3.61. The highest BCUT2D eigenvalue weighted by Crippen LogP contribution is 2.07. The number of fused-ring (bicyclic) bond motifs is 1. The van der Waals surface area contributed by atoms with Gasteiger partial charge >= 0.3 is 5.69 Å². The minimum atomic E-state index is -0.395. The zero-order chi connectivity index (χ0) is 15.9. The summed E-state index contributed by atoms with van der Waals surface area (Å²) in [5, 5.41) is 3.88. The maximum absolute atomic E-state index is 12.3. The largest absolute Gasteiger partial charge is 0.339 e. The molecular formula is C13H16N6O3. The van der Waals surface area contributed by atoms with E-state index in [-0.39, 0.29) is 5.56 Å². The lowest BCUT2D eigenvalue weighted by molar-refractivity contribution is 0.375. The van der Waals surface area contributed by atoms with Crippen LogP contribution >= 0.6 is 0 Å². The van der Waals surface area contributed by atoms with Gasteiger partial charge in [-0.25, -0.2) is 9.78 Å². The van der Waals surface area contributed by atoms with Gasteiger partial charge in [-0.1, -0.05) is 12.1 Å². The van der Waals surface area contributed by atoms with Crippen molar-refractivity contribution in [1.29, 1.82) is 0 Å². The number of hydrogen-bond acceptors (Lipinski definition) is 6. The molecule has 9 heteroatoms. The zero-order valence-corrected chi connectivity index (χ0v) is 12.6. The maximum atomic E-state index is 12.3. The first-order chi connectivity index (χ1) is 10.5. The van der Waals surface area contributed by atoms with Gasteiger partial charge < -0.3 is 9.09 Å². The summed E-state index contributed by atoms with van der Waals surface area (Å²) in [6.45, 7) is 2.41. The molecule has 22 heavy (non-hydrogen) atoms. The maximum Gasteiger partial charge on any atom is 0.332 e. The van der Waals surface area contributed by atoms with Crippen LogP contribution < -0.4 is 11.2 Å². The predicted molar refractivity (Wildman–Crippen MR) is 77.6 cm³/mol. The average Bonchev–Trinajstić information content (AvgIpc) is 3.15. The number of aromatic nitrogens is 6. The number of hydrogen-bond donors (Lipinski definition) is 0. The van der Waals surface area contributed by atoms with Gasteiger partial charge in [-0.05, 0) is 0 Å². The van der Waals surface area contributed by atoms with Crippen molar-refractivity contribution < 1.29 is 4.52 Å². The highest BCUT2D eigenvalue weighted by atomic mass is 16.5. The van der Waals surface area contributed by atoms with E-state index in [1.807, 2.05) is 6.92 Å². The normalized spacial score (nSPS) is 11.4. The van der Waals surface area contributed by atoms with E-state index in [1.54, 1.807) is 17.9 Å². The van der Waals surface area contributed by atoms with Gasteiger partial charge in [0.05, 0.1) is 6.33 Å². The van der Waals surface area contributed by atoms with Crippen molar-refractivity contribution in [1.82, 2.24) is 28.8 Å². The first kappa shape index (κ1) is 14.2. The van der Waals surface area contributed by atoms with E-state index in [9.17, 15) is 9.59 Å².